The van der Waals surface area contributed by atoms with Crippen LogP contribution in [0.3, 0.4) is 0 Å². The molecule has 17 heavy (non-hydrogen) atoms. The molecule has 0 bridgehead atoms. The SMILES string of the molecule is CNC(=O)CCCN(CCO)CCNCCO. The maximum absolute atomic E-state index is 11.0. The van der Waals surface area contributed by atoms with Crippen molar-refractivity contribution < 1.29 is 15.0 Å². The molecule has 0 heterocycles. The van der Waals surface area contributed by atoms with Crippen molar-refractivity contribution in [2.24, 2.45) is 0 Å². The highest BCUT2D eigenvalue weighted by Crippen LogP contribution is 1.95. The number of amides is 1. The van der Waals surface area contributed by atoms with Gasteiger partial charge in [-0.15, -0.1) is 0 Å². The number of nitrogens with one attached hydrogen (secondary N) is 2. The van der Waals surface area contributed by atoms with Crippen LogP contribution < -0.4 is 10.6 Å². The van der Waals surface area contributed by atoms with Crippen molar-refractivity contribution >= 4 is 5.91 Å². The summed E-state index contributed by atoms with van der Waals surface area (Å²) in [7, 11) is 1.63. The molecule has 0 spiro atoms. The lowest BCUT2D eigenvalue weighted by molar-refractivity contribution is -0.120. The molecule has 1 amide bonds. The first-order chi connectivity index (χ1) is 8.24. The van der Waals surface area contributed by atoms with Gasteiger partial charge in [-0.1, -0.05) is 0 Å². The van der Waals surface area contributed by atoms with Crippen LogP contribution in [0.5, 0.6) is 0 Å². The fourth-order valence-electron chi connectivity index (χ4n) is 1.51. The summed E-state index contributed by atoms with van der Waals surface area (Å²) >= 11 is 0. The first kappa shape index (κ1) is 16.3. The van der Waals surface area contributed by atoms with Crippen molar-refractivity contribution in [1.82, 2.24) is 15.5 Å². The van der Waals surface area contributed by atoms with E-state index >= 15 is 0 Å². The molecule has 0 saturated heterocycles. The van der Waals surface area contributed by atoms with Crippen LogP contribution in [0.15, 0.2) is 0 Å². The lowest BCUT2D eigenvalue weighted by Gasteiger charge is -2.21. The zero-order valence-electron chi connectivity index (χ0n) is 10.6. The van der Waals surface area contributed by atoms with Gasteiger partial charge >= 0.3 is 0 Å². The topological polar surface area (TPSA) is 84.8 Å². The van der Waals surface area contributed by atoms with Crippen LogP contribution in [-0.2, 0) is 4.79 Å². The Morgan fingerprint density at radius 3 is 2.47 bits per heavy atom. The van der Waals surface area contributed by atoms with Crippen LogP contribution >= 0.6 is 0 Å². The molecule has 102 valence electrons. The molecule has 0 fully saturated rings. The van der Waals surface area contributed by atoms with Gasteiger partial charge in [0.15, 0.2) is 0 Å². The van der Waals surface area contributed by atoms with E-state index in [1.807, 2.05) is 0 Å². The van der Waals surface area contributed by atoms with Gasteiger partial charge in [0.2, 0.25) is 5.91 Å². The van der Waals surface area contributed by atoms with Crippen molar-refractivity contribution in [3.05, 3.63) is 0 Å². The normalized spacial score (nSPS) is 10.8. The van der Waals surface area contributed by atoms with E-state index in [0.29, 0.717) is 19.5 Å². The molecule has 0 aliphatic heterocycles. The van der Waals surface area contributed by atoms with Gasteiger partial charge < -0.3 is 20.8 Å². The van der Waals surface area contributed by atoms with Crippen LogP contribution in [0.2, 0.25) is 0 Å². The maximum atomic E-state index is 11.0. The van der Waals surface area contributed by atoms with Crippen molar-refractivity contribution in [3.63, 3.8) is 0 Å². The molecule has 0 saturated carbocycles. The predicted octanol–water partition coefficient (Wildman–Crippen LogP) is -1.61. The van der Waals surface area contributed by atoms with Crippen molar-refractivity contribution in [3.8, 4) is 0 Å². The molecule has 0 aliphatic rings. The van der Waals surface area contributed by atoms with E-state index in [4.69, 9.17) is 10.2 Å². The van der Waals surface area contributed by atoms with E-state index in [1.165, 1.54) is 0 Å². The molecular formula is C11H25N3O3. The summed E-state index contributed by atoms with van der Waals surface area (Å²) in [6.07, 6.45) is 1.31. The number of hydrogen-bond acceptors (Lipinski definition) is 5. The predicted molar refractivity (Wildman–Crippen MR) is 66.8 cm³/mol. The Bertz CT molecular complexity index is 191. The molecule has 0 atom stereocenters. The van der Waals surface area contributed by atoms with Gasteiger partial charge in [0, 0.05) is 39.6 Å². The first-order valence-electron chi connectivity index (χ1n) is 6.10. The number of hydrogen-bond donors (Lipinski definition) is 4. The fraction of sp³-hybridized carbons (Fsp3) is 0.909. The van der Waals surface area contributed by atoms with E-state index in [0.717, 1.165) is 26.1 Å². The molecule has 0 rings (SSSR count). The number of aliphatic hydroxyl groups is 2. The third kappa shape index (κ3) is 10.2. The lowest BCUT2D eigenvalue weighted by Crippen LogP contribution is -2.36. The Kier molecular flexibility index (Phi) is 11.3. The molecular weight excluding hydrogens is 222 g/mol. The van der Waals surface area contributed by atoms with Gasteiger partial charge in [-0.2, -0.15) is 0 Å². The fourth-order valence-corrected chi connectivity index (χ4v) is 1.51. The lowest BCUT2D eigenvalue weighted by atomic mass is 10.2. The number of aliphatic hydroxyl groups excluding tert-OH is 2. The monoisotopic (exact) mass is 247 g/mol. The zero-order chi connectivity index (χ0) is 12.9. The van der Waals surface area contributed by atoms with Gasteiger partial charge in [-0.25, -0.2) is 0 Å². The second-order valence-corrected chi connectivity index (χ2v) is 3.82. The summed E-state index contributed by atoms with van der Waals surface area (Å²) < 4.78 is 0. The minimum atomic E-state index is 0.0485. The van der Waals surface area contributed by atoms with Crippen molar-refractivity contribution in [1.29, 1.82) is 0 Å². The third-order valence-electron chi connectivity index (χ3n) is 2.47. The Hall–Kier alpha value is -0.690. The van der Waals surface area contributed by atoms with Crippen LogP contribution in [-0.4, -0.2) is 74.0 Å². The largest absolute Gasteiger partial charge is 0.395 e. The van der Waals surface area contributed by atoms with Crippen molar-refractivity contribution in [2.45, 2.75) is 12.8 Å². The molecule has 0 aliphatic carbocycles. The van der Waals surface area contributed by atoms with Crippen LogP contribution in [0.4, 0.5) is 0 Å². The second kappa shape index (κ2) is 11.8. The highest BCUT2D eigenvalue weighted by atomic mass is 16.3. The standard InChI is InChI=1S/C11H25N3O3/c1-12-11(17)3-2-6-14(8-10-16)7-4-13-5-9-15/h13,15-16H,2-10H2,1H3,(H,12,17). The number of carbonyl (C=O) groups excluding carboxylic acids is 1. The van der Waals surface area contributed by atoms with Gasteiger partial charge in [-0.05, 0) is 13.0 Å². The third-order valence-corrected chi connectivity index (χ3v) is 2.47. The first-order valence-corrected chi connectivity index (χ1v) is 6.10. The highest BCUT2D eigenvalue weighted by Gasteiger charge is 2.05. The van der Waals surface area contributed by atoms with E-state index in [9.17, 15) is 4.79 Å². The molecule has 0 aromatic heterocycles. The summed E-state index contributed by atoms with van der Waals surface area (Å²) in [5.41, 5.74) is 0. The Labute approximate surface area is 103 Å². The number of nitrogens with zero attached hydrogens (tertiary/aromatic N) is 1. The molecule has 0 aromatic rings. The minimum Gasteiger partial charge on any atom is -0.395 e. The smallest absolute Gasteiger partial charge is 0.219 e. The summed E-state index contributed by atoms with van der Waals surface area (Å²) in [6, 6.07) is 0. The number of rotatable bonds is 11. The van der Waals surface area contributed by atoms with Crippen LogP contribution in [0.25, 0.3) is 0 Å². The summed E-state index contributed by atoms with van der Waals surface area (Å²) in [5, 5.41) is 23.2. The molecule has 0 unspecified atom stereocenters. The molecule has 4 N–H and O–H groups in total. The van der Waals surface area contributed by atoms with E-state index in [2.05, 4.69) is 15.5 Å². The minimum absolute atomic E-state index is 0.0485. The van der Waals surface area contributed by atoms with E-state index in [-0.39, 0.29) is 19.1 Å². The maximum Gasteiger partial charge on any atom is 0.219 e. The van der Waals surface area contributed by atoms with Crippen molar-refractivity contribution in [2.75, 3.05) is 53.0 Å². The van der Waals surface area contributed by atoms with E-state index < -0.39 is 0 Å². The van der Waals surface area contributed by atoms with Crippen LogP contribution in [0.1, 0.15) is 12.8 Å². The Morgan fingerprint density at radius 1 is 1.12 bits per heavy atom. The summed E-state index contributed by atoms with van der Waals surface area (Å²) in [6.45, 7) is 3.86. The summed E-state index contributed by atoms with van der Waals surface area (Å²) in [4.78, 5) is 13.1. The van der Waals surface area contributed by atoms with Crippen LogP contribution in [0, 0.1) is 0 Å². The average molecular weight is 247 g/mol. The average Bonchev–Trinajstić information content (AvgIpc) is 2.34. The molecule has 0 radical (unpaired) electrons. The van der Waals surface area contributed by atoms with Gasteiger partial charge in [0.05, 0.1) is 13.2 Å². The highest BCUT2D eigenvalue weighted by molar-refractivity contribution is 5.75. The van der Waals surface area contributed by atoms with Gasteiger partial charge in [-0.3, -0.25) is 9.69 Å². The summed E-state index contributed by atoms with van der Waals surface area (Å²) in [5.74, 6) is 0.0485. The quantitative estimate of drug-likeness (QED) is 0.330. The number of carbonyl (C=O) groups is 1. The van der Waals surface area contributed by atoms with E-state index in [1.54, 1.807) is 7.05 Å². The Balaban J connectivity index is 3.62. The molecule has 0 aromatic carbocycles. The van der Waals surface area contributed by atoms with Gasteiger partial charge in [0.25, 0.3) is 0 Å². The van der Waals surface area contributed by atoms with Gasteiger partial charge in [0.1, 0.15) is 0 Å². The zero-order valence-corrected chi connectivity index (χ0v) is 10.6. The molecule has 6 nitrogen and oxygen atoms in total. The molecule has 6 heteroatoms. The second-order valence-electron chi connectivity index (χ2n) is 3.82. The Morgan fingerprint density at radius 2 is 1.88 bits per heavy atom.